The summed E-state index contributed by atoms with van der Waals surface area (Å²) in [5.74, 6) is -0.0860. The lowest BCUT2D eigenvalue weighted by molar-refractivity contribution is -0.122. The Balaban J connectivity index is 1.63. The van der Waals surface area contributed by atoms with Crippen LogP contribution in [0.2, 0.25) is 0 Å². The zero-order chi connectivity index (χ0) is 17.2. The van der Waals surface area contributed by atoms with Crippen molar-refractivity contribution in [2.75, 3.05) is 5.32 Å². The molecule has 6 heteroatoms. The van der Waals surface area contributed by atoms with Gasteiger partial charge in [-0.15, -0.1) is 0 Å². The maximum Gasteiger partial charge on any atom is 0.229 e. The number of imidazole rings is 1. The maximum absolute atomic E-state index is 12.6. The van der Waals surface area contributed by atoms with Crippen LogP contribution in [0.4, 0.5) is 5.69 Å². The van der Waals surface area contributed by atoms with Gasteiger partial charge in [0.05, 0.1) is 5.92 Å². The van der Waals surface area contributed by atoms with Gasteiger partial charge < -0.3 is 15.6 Å². The van der Waals surface area contributed by atoms with Crippen LogP contribution in [0.15, 0.2) is 46.7 Å². The fourth-order valence-electron chi connectivity index (χ4n) is 3.18. The Kier molecular flexibility index (Phi) is 4.96. The highest BCUT2D eigenvalue weighted by Crippen LogP contribution is 2.33. The second-order valence-electron chi connectivity index (χ2n) is 6.74. The largest absolute Gasteiger partial charge is 0.329 e. The Morgan fingerprint density at radius 3 is 2.75 bits per heavy atom. The summed E-state index contributed by atoms with van der Waals surface area (Å²) in [4.78, 5) is 17.9. The van der Waals surface area contributed by atoms with E-state index < -0.39 is 5.54 Å². The highest BCUT2D eigenvalue weighted by molar-refractivity contribution is 7.99. The fourth-order valence-corrected chi connectivity index (χ4v) is 3.98. The highest BCUT2D eigenvalue weighted by atomic mass is 32.2. The molecule has 3 rings (SSSR count). The van der Waals surface area contributed by atoms with Crippen LogP contribution in [-0.2, 0) is 11.8 Å². The van der Waals surface area contributed by atoms with Crippen molar-refractivity contribution in [3.63, 3.8) is 0 Å². The molecule has 5 nitrogen and oxygen atoms in total. The van der Waals surface area contributed by atoms with E-state index in [1.807, 2.05) is 49.0 Å². The molecule has 0 saturated heterocycles. The minimum atomic E-state index is -0.406. The summed E-state index contributed by atoms with van der Waals surface area (Å²) in [6.07, 6.45) is 7.66. The van der Waals surface area contributed by atoms with Crippen molar-refractivity contribution in [1.29, 1.82) is 0 Å². The summed E-state index contributed by atoms with van der Waals surface area (Å²) in [5.41, 5.74) is 6.72. The number of benzene rings is 1. The van der Waals surface area contributed by atoms with Gasteiger partial charge in [-0.05, 0) is 44.0 Å². The third-order valence-electron chi connectivity index (χ3n) is 4.68. The number of carbonyl (C=O) groups excluding carboxylic acids is 1. The Morgan fingerprint density at radius 1 is 1.38 bits per heavy atom. The van der Waals surface area contributed by atoms with E-state index in [4.69, 9.17) is 5.73 Å². The van der Waals surface area contributed by atoms with Gasteiger partial charge in [0, 0.05) is 35.6 Å². The minimum absolute atomic E-state index is 0.0317. The van der Waals surface area contributed by atoms with Crippen LogP contribution in [0.25, 0.3) is 0 Å². The molecular weight excluding hydrogens is 320 g/mol. The fraction of sp³-hybridized carbons (Fsp3) is 0.444. The first kappa shape index (κ1) is 17.0. The van der Waals surface area contributed by atoms with Crippen LogP contribution < -0.4 is 11.1 Å². The van der Waals surface area contributed by atoms with E-state index in [0.717, 1.165) is 41.4 Å². The van der Waals surface area contributed by atoms with Crippen LogP contribution in [0.3, 0.4) is 0 Å². The summed E-state index contributed by atoms with van der Waals surface area (Å²) in [5, 5.41) is 3.95. The number of amides is 1. The molecule has 2 atom stereocenters. The minimum Gasteiger partial charge on any atom is -0.329 e. The smallest absolute Gasteiger partial charge is 0.229 e. The number of nitrogens with one attached hydrogen (secondary N) is 1. The second-order valence-corrected chi connectivity index (χ2v) is 7.78. The molecule has 1 saturated carbocycles. The van der Waals surface area contributed by atoms with Crippen molar-refractivity contribution >= 4 is 23.4 Å². The molecule has 128 valence electrons. The normalized spacial score (nSPS) is 23.9. The van der Waals surface area contributed by atoms with E-state index in [1.165, 1.54) is 0 Å². The Morgan fingerprint density at radius 2 is 2.12 bits per heavy atom. The molecule has 1 fully saturated rings. The molecule has 24 heavy (non-hydrogen) atoms. The van der Waals surface area contributed by atoms with Gasteiger partial charge in [0.1, 0.15) is 0 Å². The zero-order valence-corrected chi connectivity index (χ0v) is 15.0. The average Bonchev–Trinajstić information content (AvgIpc) is 2.94. The molecule has 1 aliphatic rings. The second kappa shape index (κ2) is 6.99. The van der Waals surface area contributed by atoms with Gasteiger partial charge in [-0.25, -0.2) is 4.98 Å². The monoisotopic (exact) mass is 344 g/mol. The number of anilines is 1. The number of rotatable bonds is 4. The standard InChI is InChI=1S/C18H24N4OS/c1-18(19)10-4-3-5-15(18)16(23)21-13-6-8-14(9-7-13)24-17-20-11-12-22(17)2/h6-9,11-12,15H,3-5,10,19H2,1-2H3,(H,21,23). The molecule has 1 aromatic heterocycles. The van der Waals surface area contributed by atoms with Gasteiger partial charge in [-0.2, -0.15) is 0 Å². The molecule has 3 N–H and O–H groups in total. The molecule has 0 bridgehead atoms. The van der Waals surface area contributed by atoms with Crippen LogP contribution in [0.1, 0.15) is 32.6 Å². The van der Waals surface area contributed by atoms with Gasteiger partial charge in [0.2, 0.25) is 5.91 Å². The first-order valence-electron chi connectivity index (χ1n) is 8.31. The van der Waals surface area contributed by atoms with Gasteiger partial charge in [0.15, 0.2) is 5.16 Å². The predicted molar refractivity (Wildman–Crippen MR) is 97.0 cm³/mol. The molecule has 0 radical (unpaired) electrons. The van der Waals surface area contributed by atoms with Crippen LogP contribution in [0, 0.1) is 5.92 Å². The Labute approximate surface area is 147 Å². The molecular formula is C18H24N4OS. The van der Waals surface area contributed by atoms with Crippen molar-refractivity contribution in [1.82, 2.24) is 9.55 Å². The van der Waals surface area contributed by atoms with Crippen LogP contribution in [0.5, 0.6) is 0 Å². The number of aromatic nitrogens is 2. The zero-order valence-electron chi connectivity index (χ0n) is 14.2. The van der Waals surface area contributed by atoms with Crippen molar-refractivity contribution in [2.45, 2.75) is 48.2 Å². The molecule has 1 heterocycles. The van der Waals surface area contributed by atoms with E-state index in [9.17, 15) is 4.79 Å². The van der Waals surface area contributed by atoms with Gasteiger partial charge >= 0.3 is 0 Å². The lowest BCUT2D eigenvalue weighted by Crippen LogP contribution is -2.51. The molecule has 2 aromatic rings. The molecule has 2 unspecified atom stereocenters. The van der Waals surface area contributed by atoms with Gasteiger partial charge in [-0.1, -0.05) is 24.6 Å². The van der Waals surface area contributed by atoms with Crippen molar-refractivity contribution in [3.05, 3.63) is 36.7 Å². The molecule has 1 aliphatic carbocycles. The van der Waals surface area contributed by atoms with Crippen LogP contribution in [-0.4, -0.2) is 21.0 Å². The van der Waals surface area contributed by atoms with E-state index >= 15 is 0 Å². The summed E-state index contributed by atoms with van der Waals surface area (Å²) in [6, 6.07) is 7.86. The number of hydrogen-bond acceptors (Lipinski definition) is 4. The number of carbonyl (C=O) groups is 1. The number of nitrogens with zero attached hydrogens (tertiary/aromatic N) is 2. The first-order valence-corrected chi connectivity index (χ1v) is 9.12. The van der Waals surface area contributed by atoms with E-state index in [-0.39, 0.29) is 11.8 Å². The summed E-state index contributed by atoms with van der Waals surface area (Å²) >= 11 is 1.60. The van der Waals surface area contributed by atoms with Crippen molar-refractivity contribution in [3.8, 4) is 0 Å². The lowest BCUT2D eigenvalue weighted by atomic mass is 9.74. The van der Waals surface area contributed by atoms with Gasteiger partial charge in [0.25, 0.3) is 0 Å². The SMILES string of the molecule is Cn1ccnc1Sc1ccc(NC(=O)C2CCCCC2(C)N)cc1. The molecule has 0 spiro atoms. The summed E-state index contributed by atoms with van der Waals surface area (Å²) < 4.78 is 1.98. The van der Waals surface area contributed by atoms with E-state index in [1.54, 1.807) is 18.0 Å². The third kappa shape index (κ3) is 3.82. The van der Waals surface area contributed by atoms with Crippen molar-refractivity contribution < 1.29 is 4.79 Å². The van der Waals surface area contributed by atoms with E-state index in [2.05, 4.69) is 10.3 Å². The average molecular weight is 344 g/mol. The maximum atomic E-state index is 12.6. The first-order chi connectivity index (χ1) is 11.5. The quantitative estimate of drug-likeness (QED) is 0.891. The molecule has 1 amide bonds. The number of hydrogen-bond donors (Lipinski definition) is 2. The van der Waals surface area contributed by atoms with E-state index in [0.29, 0.717) is 0 Å². The van der Waals surface area contributed by atoms with Crippen molar-refractivity contribution in [2.24, 2.45) is 18.7 Å². The Hall–Kier alpha value is -1.79. The summed E-state index contributed by atoms with van der Waals surface area (Å²) in [7, 11) is 1.97. The predicted octanol–water partition coefficient (Wildman–Crippen LogP) is 3.42. The molecule has 1 aromatic carbocycles. The highest BCUT2D eigenvalue weighted by Gasteiger charge is 2.37. The van der Waals surface area contributed by atoms with Gasteiger partial charge in [-0.3, -0.25) is 4.79 Å². The third-order valence-corrected chi connectivity index (χ3v) is 5.76. The Bertz CT molecular complexity index is 708. The molecule has 0 aliphatic heterocycles. The van der Waals surface area contributed by atoms with Crippen LogP contribution >= 0.6 is 11.8 Å². The summed E-state index contributed by atoms with van der Waals surface area (Å²) in [6.45, 7) is 1.99. The topological polar surface area (TPSA) is 72.9 Å². The number of aryl methyl sites for hydroxylation is 1. The lowest BCUT2D eigenvalue weighted by Gasteiger charge is -2.37. The number of nitrogens with two attached hydrogens (primary N) is 1.